The topological polar surface area (TPSA) is 64.7 Å². The van der Waals surface area contributed by atoms with Crippen LogP contribution in [0.2, 0.25) is 0 Å². The smallest absolute Gasteiger partial charge is 0.321 e. The SMILES string of the molecule is CCc1ccccc1NC(=O)N1CCN(c2ccc(NC(C)=O)cc2)CC1. The number of benzene rings is 2. The van der Waals surface area contributed by atoms with Gasteiger partial charge in [0.25, 0.3) is 0 Å². The van der Waals surface area contributed by atoms with Crippen molar-refractivity contribution in [2.45, 2.75) is 20.3 Å². The molecule has 1 saturated heterocycles. The lowest BCUT2D eigenvalue weighted by atomic mass is 10.1. The molecule has 1 fully saturated rings. The Hall–Kier alpha value is -3.02. The van der Waals surface area contributed by atoms with Crippen molar-refractivity contribution in [3.63, 3.8) is 0 Å². The van der Waals surface area contributed by atoms with Crippen LogP contribution >= 0.6 is 0 Å². The molecule has 2 N–H and O–H groups in total. The van der Waals surface area contributed by atoms with E-state index in [9.17, 15) is 9.59 Å². The Morgan fingerprint density at radius 3 is 2.22 bits per heavy atom. The zero-order valence-corrected chi connectivity index (χ0v) is 15.9. The molecule has 3 rings (SSSR count). The van der Waals surface area contributed by atoms with Crippen LogP contribution in [0.4, 0.5) is 21.9 Å². The second-order valence-electron chi connectivity index (χ2n) is 6.64. The normalized spacial score (nSPS) is 14.0. The van der Waals surface area contributed by atoms with Gasteiger partial charge in [-0.15, -0.1) is 0 Å². The number of anilines is 3. The van der Waals surface area contributed by atoms with Gasteiger partial charge in [0.15, 0.2) is 0 Å². The largest absolute Gasteiger partial charge is 0.368 e. The molecule has 1 heterocycles. The van der Waals surface area contributed by atoms with Gasteiger partial charge in [-0.05, 0) is 42.3 Å². The van der Waals surface area contributed by atoms with Gasteiger partial charge in [-0.1, -0.05) is 25.1 Å². The fraction of sp³-hybridized carbons (Fsp3) is 0.333. The van der Waals surface area contributed by atoms with E-state index in [2.05, 4.69) is 22.5 Å². The average Bonchev–Trinajstić information content (AvgIpc) is 2.68. The first-order valence-corrected chi connectivity index (χ1v) is 9.33. The summed E-state index contributed by atoms with van der Waals surface area (Å²) in [7, 11) is 0. The number of piperazine rings is 1. The van der Waals surface area contributed by atoms with Gasteiger partial charge >= 0.3 is 6.03 Å². The Bertz CT molecular complexity index is 796. The first kappa shape index (κ1) is 18.8. The molecular formula is C21H26N4O2. The number of nitrogens with one attached hydrogen (secondary N) is 2. The minimum absolute atomic E-state index is 0.0449. The number of aryl methyl sites for hydroxylation is 1. The zero-order chi connectivity index (χ0) is 19.2. The summed E-state index contributed by atoms with van der Waals surface area (Å²) in [5, 5.41) is 5.81. The van der Waals surface area contributed by atoms with Crippen LogP contribution in [0.3, 0.4) is 0 Å². The average molecular weight is 366 g/mol. The highest BCUT2D eigenvalue weighted by Gasteiger charge is 2.21. The summed E-state index contributed by atoms with van der Waals surface area (Å²) in [6.07, 6.45) is 0.888. The summed E-state index contributed by atoms with van der Waals surface area (Å²) in [6, 6.07) is 15.7. The van der Waals surface area contributed by atoms with Crippen LogP contribution in [-0.4, -0.2) is 43.0 Å². The third-order valence-corrected chi connectivity index (χ3v) is 4.76. The van der Waals surface area contributed by atoms with Gasteiger partial charge in [0.2, 0.25) is 5.91 Å². The van der Waals surface area contributed by atoms with Crippen molar-refractivity contribution < 1.29 is 9.59 Å². The van der Waals surface area contributed by atoms with Crippen LogP contribution < -0.4 is 15.5 Å². The standard InChI is InChI=1S/C21H26N4O2/c1-3-17-6-4-5-7-20(17)23-21(27)25-14-12-24(13-15-25)19-10-8-18(9-11-19)22-16(2)26/h4-11H,3,12-15H2,1-2H3,(H,22,26)(H,23,27). The molecule has 0 unspecified atom stereocenters. The monoisotopic (exact) mass is 366 g/mol. The summed E-state index contributed by atoms with van der Waals surface area (Å²) in [5.74, 6) is -0.0768. The second kappa shape index (κ2) is 8.58. The van der Waals surface area contributed by atoms with E-state index in [4.69, 9.17) is 0 Å². The number of para-hydroxylation sites is 1. The van der Waals surface area contributed by atoms with E-state index >= 15 is 0 Å². The van der Waals surface area contributed by atoms with E-state index in [1.165, 1.54) is 6.92 Å². The molecule has 2 aromatic carbocycles. The molecule has 0 aromatic heterocycles. The molecule has 6 nitrogen and oxygen atoms in total. The lowest BCUT2D eigenvalue weighted by Gasteiger charge is -2.36. The van der Waals surface area contributed by atoms with E-state index in [-0.39, 0.29) is 11.9 Å². The lowest BCUT2D eigenvalue weighted by Crippen LogP contribution is -2.50. The quantitative estimate of drug-likeness (QED) is 0.870. The van der Waals surface area contributed by atoms with Crippen molar-refractivity contribution in [3.8, 4) is 0 Å². The first-order valence-electron chi connectivity index (χ1n) is 9.33. The number of hydrogen-bond donors (Lipinski definition) is 2. The Balaban J connectivity index is 1.55. The molecule has 6 heteroatoms. The maximum Gasteiger partial charge on any atom is 0.321 e. The van der Waals surface area contributed by atoms with Crippen molar-refractivity contribution in [1.82, 2.24) is 4.90 Å². The summed E-state index contributed by atoms with van der Waals surface area (Å²) < 4.78 is 0. The number of amides is 3. The van der Waals surface area contributed by atoms with Crippen LogP contribution in [0.25, 0.3) is 0 Å². The number of carbonyl (C=O) groups is 2. The Kier molecular flexibility index (Phi) is 5.96. The fourth-order valence-electron chi connectivity index (χ4n) is 3.27. The molecule has 3 amide bonds. The minimum atomic E-state index is -0.0768. The second-order valence-corrected chi connectivity index (χ2v) is 6.64. The number of rotatable bonds is 4. The van der Waals surface area contributed by atoms with Gasteiger partial charge < -0.3 is 20.4 Å². The predicted octanol–water partition coefficient (Wildman–Crippen LogP) is 3.56. The van der Waals surface area contributed by atoms with Gasteiger partial charge in [0, 0.05) is 50.2 Å². The molecule has 1 aliphatic heterocycles. The van der Waals surface area contributed by atoms with Gasteiger partial charge in [-0.2, -0.15) is 0 Å². The van der Waals surface area contributed by atoms with Gasteiger partial charge in [-0.25, -0.2) is 4.79 Å². The molecular weight excluding hydrogens is 340 g/mol. The lowest BCUT2D eigenvalue weighted by molar-refractivity contribution is -0.114. The van der Waals surface area contributed by atoms with Gasteiger partial charge in [0.1, 0.15) is 0 Å². The molecule has 0 radical (unpaired) electrons. The van der Waals surface area contributed by atoms with Crippen molar-refractivity contribution >= 4 is 29.0 Å². The molecule has 1 aliphatic rings. The molecule has 0 bridgehead atoms. The highest BCUT2D eigenvalue weighted by atomic mass is 16.2. The Morgan fingerprint density at radius 1 is 0.926 bits per heavy atom. The molecule has 0 spiro atoms. The van der Waals surface area contributed by atoms with Crippen LogP contribution in [-0.2, 0) is 11.2 Å². The third kappa shape index (κ3) is 4.78. The molecule has 0 atom stereocenters. The Labute approximate surface area is 160 Å². The van der Waals surface area contributed by atoms with Gasteiger partial charge in [-0.3, -0.25) is 4.79 Å². The number of hydrogen-bond acceptors (Lipinski definition) is 3. The number of nitrogens with zero attached hydrogens (tertiary/aromatic N) is 2. The molecule has 27 heavy (non-hydrogen) atoms. The van der Waals surface area contributed by atoms with Crippen LogP contribution in [0, 0.1) is 0 Å². The van der Waals surface area contributed by atoms with Crippen molar-refractivity contribution in [2.75, 3.05) is 41.7 Å². The first-order chi connectivity index (χ1) is 13.1. The fourth-order valence-corrected chi connectivity index (χ4v) is 3.27. The highest BCUT2D eigenvalue weighted by molar-refractivity contribution is 5.90. The van der Waals surface area contributed by atoms with E-state index in [1.54, 1.807) is 0 Å². The van der Waals surface area contributed by atoms with Crippen molar-refractivity contribution in [3.05, 3.63) is 54.1 Å². The maximum absolute atomic E-state index is 12.6. The predicted molar refractivity (Wildman–Crippen MR) is 109 cm³/mol. The van der Waals surface area contributed by atoms with Crippen LogP contribution in [0.1, 0.15) is 19.4 Å². The maximum atomic E-state index is 12.6. The third-order valence-electron chi connectivity index (χ3n) is 4.76. The molecule has 0 aliphatic carbocycles. The molecule has 142 valence electrons. The van der Waals surface area contributed by atoms with Crippen LogP contribution in [0.5, 0.6) is 0 Å². The van der Waals surface area contributed by atoms with E-state index in [0.29, 0.717) is 13.1 Å². The number of urea groups is 1. The minimum Gasteiger partial charge on any atom is -0.368 e. The molecule has 0 saturated carbocycles. The van der Waals surface area contributed by atoms with E-state index in [0.717, 1.165) is 42.1 Å². The summed E-state index contributed by atoms with van der Waals surface area (Å²) in [6.45, 7) is 6.49. The van der Waals surface area contributed by atoms with Gasteiger partial charge in [0.05, 0.1) is 0 Å². The summed E-state index contributed by atoms with van der Waals surface area (Å²) in [5.41, 5.74) is 3.92. The summed E-state index contributed by atoms with van der Waals surface area (Å²) >= 11 is 0. The number of carbonyl (C=O) groups excluding carboxylic acids is 2. The van der Waals surface area contributed by atoms with E-state index in [1.807, 2.05) is 53.4 Å². The van der Waals surface area contributed by atoms with Crippen LogP contribution in [0.15, 0.2) is 48.5 Å². The van der Waals surface area contributed by atoms with Crippen molar-refractivity contribution in [2.24, 2.45) is 0 Å². The zero-order valence-electron chi connectivity index (χ0n) is 15.9. The summed E-state index contributed by atoms with van der Waals surface area (Å²) in [4.78, 5) is 27.8. The van der Waals surface area contributed by atoms with E-state index < -0.39 is 0 Å². The molecule has 2 aromatic rings. The highest BCUT2D eigenvalue weighted by Crippen LogP contribution is 2.21. The Morgan fingerprint density at radius 2 is 1.59 bits per heavy atom. The van der Waals surface area contributed by atoms with Crippen molar-refractivity contribution in [1.29, 1.82) is 0 Å².